The molecule has 108 valence electrons. The molecule has 0 spiro atoms. The maximum Gasteiger partial charge on any atom is 0.131 e. The van der Waals surface area contributed by atoms with Crippen molar-refractivity contribution >= 4 is 43.2 Å². The number of benzene rings is 1. The zero-order valence-electron chi connectivity index (χ0n) is 10.9. The Bertz CT molecular complexity index is 628. The second kappa shape index (κ2) is 6.64. The van der Waals surface area contributed by atoms with E-state index in [4.69, 9.17) is 0 Å². The van der Waals surface area contributed by atoms with Crippen LogP contribution < -0.4 is 5.32 Å². The summed E-state index contributed by atoms with van der Waals surface area (Å²) in [6.45, 7) is 4.27. The highest BCUT2D eigenvalue weighted by Crippen LogP contribution is 2.38. The summed E-state index contributed by atoms with van der Waals surface area (Å²) >= 11 is 8.45. The van der Waals surface area contributed by atoms with Crippen molar-refractivity contribution in [1.29, 1.82) is 0 Å². The van der Waals surface area contributed by atoms with Crippen LogP contribution in [0.1, 0.15) is 29.7 Å². The molecule has 0 saturated heterocycles. The van der Waals surface area contributed by atoms with Crippen LogP contribution in [0.5, 0.6) is 0 Å². The quantitative estimate of drug-likeness (QED) is 0.677. The molecule has 1 heterocycles. The lowest BCUT2D eigenvalue weighted by Gasteiger charge is -2.19. The van der Waals surface area contributed by atoms with Gasteiger partial charge < -0.3 is 5.32 Å². The zero-order chi connectivity index (χ0) is 14.9. The number of thiophene rings is 1. The number of hydrogen-bond acceptors (Lipinski definition) is 2. The Morgan fingerprint density at radius 1 is 1.15 bits per heavy atom. The molecule has 0 aliphatic carbocycles. The SMILES string of the molecule is CCNC(c1cc(C)c(F)cc1F)c1cc(Br)sc1Br. The van der Waals surface area contributed by atoms with Gasteiger partial charge in [0.15, 0.2) is 0 Å². The largest absolute Gasteiger partial charge is 0.306 e. The molecule has 0 aliphatic rings. The number of halogens is 4. The molecule has 6 heteroatoms. The molecule has 2 aromatic rings. The number of aryl methyl sites for hydroxylation is 1. The van der Waals surface area contributed by atoms with Gasteiger partial charge in [-0.25, -0.2) is 8.78 Å². The first-order valence-corrected chi connectivity index (χ1v) is 8.48. The molecule has 1 atom stereocenters. The van der Waals surface area contributed by atoms with Crippen molar-refractivity contribution in [3.05, 3.63) is 54.1 Å². The summed E-state index contributed by atoms with van der Waals surface area (Å²) in [5, 5.41) is 3.25. The van der Waals surface area contributed by atoms with Crippen molar-refractivity contribution in [2.45, 2.75) is 19.9 Å². The maximum absolute atomic E-state index is 14.1. The Morgan fingerprint density at radius 3 is 2.40 bits per heavy atom. The van der Waals surface area contributed by atoms with E-state index in [-0.39, 0.29) is 6.04 Å². The summed E-state index contributed by atoms with van der Waals surface area (Å²) < 4.78 is 29.4. The molecular weight excluding hydrogens is 412 g/mol. The average Bonchev–Trinajstić information content (AvgIpc) is 2.70. The van der Waals surface area contributed by atoms with Crippen LogP contribution in [0.25, 0.3) is 0 Å². The highest BCUT2D eigenvalue weighted by molar-refractivity contribution is 9.12. The Morgan fingerprint density at radius 2 is 1.85 bits per heavy atom. The minimum Gasteiger partial charge on any atom is -0.306 e. The fourth-order valence-corrected chi connectivity index (χ4v) is 4.94. The predicted octanol–water partition coefficient (Wildman–Crippen LogP) is 5.56. The third-order valence-electron chi connectivity index (χ3n) is 2.99. The van der Waals surface area contributed by atoms with Crippen molar-refractivity contribution in [1.82, 2.24) is 5.32 Å². The lowest BCUT2D eigenvalue weighted by molar-refractivity contribution is 0.537. The minimum atomic E-state index is -0.534. The van der Waals surface area contributed by atoms with Gasteiger partial charge in [0.1, 0.15) is 11.6 Å². The second-order valence-corrected chi connectivity index (χ2v) is 8.14. The van der Waals surface area contributed by atoms with E-state index in [9.17, 15) is 8.78 Å². The van der Waals surface area contributed by atoms with Crippen LogP contribution in [-0.4, -0.2) is 6.54 Å². The summed E-state index contributed by atoms with van der Waals surface area (Å²) in [7, 11) is 0. The molecule has 1 nitrogen and oxygen atoms in total. The molecule has 0 saturated carbocycles. The van der Waals surface area contributed by atoms with Gasteiger partial charge in [-0.15, -0.1) is 11.3 Å². The van der Waals surface area contributed by atoms with E-state index in [1.54, 1.807) is 13.0 Å². The van der Waals surface area contributed by atoms with E-state index < -0.39 is 11.6 Å². The van der Waals surface area contributed by atoms with Gasteiger partial charge >= 0.3 is 0 Å². The van der Waals surface area contributed by atoms with E-state index >= 15 is 0 Å². The fraction of sp³-hybridized carbons (Fsp3) is 0.286. The van der Waals surface area contributed by atoms with Gasteiger partial charge in [-0.2, -0.15) is 0 Å². The van der Waals surface area contributed by atoms with E-state index in [0.717, 1.165) is 19.2 Å². The van der Waals surface area contributed by atoms with Crippen LogP contribution >= 0.6 is 43.2 Å². The first kappa shape index (κ1) is 16.1. The average molecular weight is 425 g/mol. The topological polar surface area (TPSA) is 12.0 Å². The monoisotopic (exact) mass is 423 g/mol. The second-order valence-electron chi connectivity index (χ2n) is 4.39. The standard InChI is InChI=1S/C14H13Br2F2NS/c1-3-19-13(9-5-12(15)20-14(9)16)8-4-7(2)10(17)6-11(8)18/h4-6,13,19H,3H2,1-2H3. The van der Waals surface area contributed by atoms with Gasteiger partial charge in [0.05, 0.1) is 13.6 Å². The maximum atomic E-state index is 14.1. The Kier molecular flexibility index (Phi) is 5.34. The fourth-order valence-electron chi connectivity index (χ4n) is 2.04. The molecule has 0 bridgehead atoms. The summed E-state index contributed by atoms with van der Waals surface area (Å²) in [6.07, 6.45) is 0. The molecular formula is C14H13Br2F2NS. The van der Waals surface area contributed by atoms with Crippen LogP contribution in [0.4, 0.5) is 8.78 Å². The normalized spacial score (nSPS) is 12.7. The summed E-state index contributed by atoms with van der Waals surface area (Å²) in [5.41, 5.74) is 1.83. The number of nitrogens with one attached hydrogen (secondary N) is 1. The van der Waals surface area contributed by atoms with Crippen molar-refractivity contribution in [2.75, 3.05) is 6.54 Å². The van der Waals surface area contributed by atoms with E-state index in [2.05, 4.69) is 37.2 Å². The van der Waals surface area contributed by atoms with Crippen molar-refractivity contribution in [2.24, 2.45) is 0 Å². The summed E-state index contributed by atoms with van der Waals surface area (Å²) in [5.74, 6) is -1.06. The molecule has 1 N–H and O–H groups in total. The van der Waals surface area contributed by atoms with Crippen LogP contribution in [0.3, 0.4) is 0 Å². The summed E-state index contributed by atoms with van der Waals surface area (Å²) in [4.78, 5) is 0. The molecule has 0 amide bonds. The number of rotatable bonds is 4. The molecule has 0 radical (unpaired) electrons. The van der Waals surface area contributed by atoms with Crippen LogP contribution in [0.15, 0.2) is 25.8 Å². The predicted molar refractivity (Wildman–Crippen MR) is 86.3 cm³/mol. The van der Waals surface area contributed by atoms with Crippen LogP contribution in [-0.2, 0) is 0 Å². The molecule has 0 fully saturated rings. The van der Waals surface area contributed by atoms with Gasteiger partial charge in [-0.1, -0.05) is 6.92 Å². The van der Waals surface area contributed by atoms with Crippen molar-refractivity contribution in [3.63, 3.8) is 0 Å². The molecule has 2 rings (SSSR count). The molecule has 1 aromatic carbocycles. The molecule has 1 aromatic heterocycles. The van der Waals surface area contributed by atoms with Crippen molar-refractivity contribution in [3.8, 4) is 0 Å². The Balaban J connectivity index is 2.54. The van der Waals surface area contributed by atoms with E-state index in [1.807, 2.05) is 13.0 Å². The highest BCUT2D eigenvalue weighted by atomic mass is 79.9. The molecule has 20 heavy (non-hydrogen) atoms. The van der Waals surface area contributed by atoms with Crippen LogP contribution in [0, 0.1) is 18.6 Å². The van der Waals surface area contributed by atoms with Gasteiger partial charge in [-0.3, -0.25) is 0 Å². The Hall–Kier alpha value is -0.300. The lowest BCUT2D eigenvalue weighted by Crippen LogP contribution is -2.23. The third kappa shape index (κ3) is 3.30. The lowest BCUT2D eigenvalue weighted by atomic mass is 9.98. The van der Waals surface area contributed by atoms with Crippen molar-refractivity contribution < 1.29 is 8.78 Å². The highest BCUT2D eigenvalue weighted by Gasteiger charge is 2.22. The number of hydrogen-bond donors (Lipinski definition) is 1. The van der Waals surface area contributed by atoms with Gasteiger partial charge in [-0.05, 0) is 68.6 Å². The smallest absolute Gasteiger partial charge is 0.131 e. The molecule has 1 unspecified atom stereocenters. The van der Waals surface area contributed by atoms with E-state index in [0.29, 0.717) is 17.7 Å². The minimum absolute atomic E-state index is 0.309. The third-order valence-corrected chi connectivity index (χ3v) is 5.38. The van der Waals surface area contributed by atoms with E-state index in [1.165, 1.54) is 11.3 Å². The summed E-state index contributed by atoms with van der Waals surface area (Å²) in [6, 6.07) is 4.15. The van der Waals surface area contributed by atoms with Gasteiger partial charge in [0.2, 0.25) is 0 Å². The zero-order valence-corrected chi connectivity index (χ0v) is 14.9. The Labute approximate surface area is 137 Å². The first-order valence-electron chi connectivity index (χ1n) is 6.07. The first-order chi connectivity index (χ1) is 9.43. The van der Waals surface area contributed by atoms with Gasteiger partial charge in [0.25, 0.3) is 0 Å². The van der Waals surface area contributed by atoms with Crippen LogP contribution in [0.2, 0.25) is 0 Å². The molecule has 0 aliphatic heterocycles. The van der Waals surface area contributed by atoms with Gasteiger partial charge in [0, 0.05) is 11.6 Å².